The molecular formula is C25H23N3O2. The molecule has 1 fully saturated rings. The van der Waals surface area contributed by atoms with E-state index in [4.69, 9.17) is 4.99 Å². The molecule has 2 aliphatic heterocycles. The van der Waals surface area contributed by atoms with Gasteiger partial charge in [0, 0.05) is 36.2 Å². The average molecular weight is 397 g/mol. The number of rotatable bonds is 3. The van der Waals surface area contributed by atoms with Crippen molar-refractivity contribution < 1.29 is 9.90 Å². The number of carbonyl (C=O) groups is 1. The minimum atomic E-state index is -0.841. The quantitative estimate of drug-likeness (QED) is 0.603. The van der Waals surface area contributed by atoms with Crippen LogP contribution in [-0.2, 0) is 0 Å². The first-order valence-electron chi connectivity index (χ1n) is 10.3. The fraction of sp³-hybridized carbons (Fsp3) is 0.200. The molecule has 2 aliphatic rings. The Morgan fingerprint density at radius 3 is 2.23 bits per heavy atom. The number of aliphatic imine (C=N–C) groups is 1. The van der Waals surface area contributed by atoms with Crippen molar-refractivity contribution in [3.8, 4) is 0 Å². The van der Waals surface area contributed by atoms with Crippen molar-refractivity contribution in [2.24, 2.45) is 4.99 Å². The van der Waals surface area contributed by atoms with Crippen LogP contribution in [0.2, 0.25) is 0 Å². The molecule has 5 nitrogen and oxygen atoms in total. The third-order valence-corrected chi connectivity index (χ3v) is 6.01. The van der Waals surface area contributed by atoms with E-state index in [1.54, 1.807) is 0 Å². The largest absolute Gasteiger partial charge is 0.465 e. The maximum Gasteiger partial charge on any atom is 0.407 e. The van der Waals surface area contributed by atoms with Crippen molar-refractivity contribution >= 4 is 23.2 Å². The van der Waals surface area contributed by atoms with Gasteiger partial charge >= 0.3 is 6.09 Å². The third kappa shape index (κ3) is 3.32. The maximum absolute atomic E-state index is 11.5. The minimum Gasteiger partial charge on any atom is -0.465 e. The van der Waals surface area contributed by atoms with Gasteiger partial charge in [-0.05, 0) is 18.1 Å². The smallest absolute Gasteiger partial charge is 0.407 e. The van der Waals surface area contributed by atoms with Crippen molar-refractivity contribution in [2.75, 3.05) is 18.4 Å². The van der Waals surface area contributed by atoms with Crippen LogP contribution in [0.15, 0.2) is 83.9 Å². The van der Waals surface area contributed by atoms with E-state index in [0.717, 1.165) is 40.2 Å². The molecule has 3 aromatic carbocycles. The fourth-order valence-corrected chi connectivity index (χ4v) is 4.52. The molecule has 150 valence electrons. The number of benzene rings is 3. The number of hydrogen-bond acceptors (Lipinski definition) is 3. The second-order valence-corrected chi connectivity index (χ2v) is 7.81. The highest BCUT2D eigenvalue weighted by molar-refractivity contribution is 6.14. The summed E-state index contributed by atoms with van der Waals surface area (Å²) in [5.41, 5.74) is 6.14. The Bertz CT molecular complexity index is 1050. The number of carboxylic acid groups (broad SMARTS) is 1. The van der Waals surface area contributed by atoms with Crippen molar-refractivity contribution in [1.29, 1.82) is 0 Å². The highest BCUT2D eigenvalue weighted by Crippen LogP contribution is 2.45. The lowest BCUT2D eigenvalue weighted by Crippen LogP contribution is -2.44. The number of nitrogens with one attached hydrogen (secondary N) is 1. The van der Waals surface area contributed by atoms with E-state index < -0.39 is 6.09 Å². The standard InChI is InChI=1S/C25H23N3O2/c29-25(30)28-15-14-21-20(16-28)19-12-7-13-22(24(19)26-21)27-23(17-8-3-1-4-9-17)18-10-5-2-6-11-18/h1-13,20-21,26H,14-16H2,(H,29,30)/t20-,21-/m0/s1. The van der Waals surface area contributed by atoms with Gasteiger partial charge in [-0.15, -0.1) is 0 Å². The summed E-state index contributed by atoms with van der Waals surface area (Å²) in [5.74, 6) is 0.164. The van der Waals surface area contributed by atoms with Crippen LogP contribution in [0.25, 0.3) is 0 Å². The molecule has 1 amide bonds. The monoisotopic (exact) mass is 397 g/mol. The maximum atomic E-state index is 11.5. The summed E-state index contributed by atoms with van der Waals surface area (Å²) < 4.78 is 0. The molecule has 0 bridgehead atoms. The predicted octanol–water partition coefficient (Wildman–Crippen LogP) is 5.12. The van der Waals surface area contributed by atoms with Crippen molar-refractivity contribution in [3.63, 3.8) is 0 Å². The Hall–Kier alpha value is -3.60. The summed E-state index contributed by atoms with van der Waals surface area (Å²) in [5, 5.41) is 13.1. The van der Waals surface area contributed by atoms with E-state index >= 15 is 0 Å². The van der Waals surface area contributed by atoms with Crippen LogP contribution in [0.4, 0.5) is 16.2 Å². The van der Waals surface area contributed by atoms with Crippen molar-refractivity contribution in [1.82, 2.24) is 4.90 Å². The topological polar surface area (TPSA) is 64.9 Å². The van der Waals surface area contributed by atoms with Crippen LogP contribution in [0.5, 0.6) is 0 Å². The molecule has 30 heavy (non-hydrogen) atoms. The number of para-hydroxylation sites is 1. The summed E-state index contributed by atoms with van der Waals surface area (Å²) >= 11 is 0. The first-order valence-corrected chi connectivity index (χ1v) is 10.3. The van der Waals surface area contributed by atoms with Gasteiger partial charge < -0.3 is 15.3 Å². The SMILES string of the molecule is O=C(O)N1CC[C@@H]2Nc3c(N=C(c4ccccc4)c4ccccc4)cccc3[C@@H]2C1. The second-order valence-electron chi connectivity index (χ2n) is 7.81. The van der Waals surface area contributed by atoms with Crippen LogP contribution in [0.3, 0.4) is 0 Å². The molecule has 2 heterocycles. The number of likely N-dealkylation sites (tertiary alicyclic amines) is 1. The first kappa shape index (κ1) is 18.4. The highest BCUT2D eigenvalue weighted by Gasteiger charge is 2.39. The zero-order valence-corrected chi connectivity index (χ0v) is 16.5. The van der Waals surface area contributed by atoms with Gasteiger partial charge in [0.25, 0.3) is 0 Å². The number of hydrogen-bond donors (Lipinski definition) is 2. The zero-order valence-electron chi connectivity index (χ0n) is 16.5. The number of piperidine rings is 1. The number of anilines is 1. The van der Waals surface area contributed by atoms with E-state index in [9.17, 15) is 9.90 Å². The van der Waals surface area contributed by atoms with Crippen LogP contribution < -0.4 is 5.32 Å². The molecule has 2 atom stereocenters. The molecule has 5 rings (SSSR count). The number of fused-ring (bicyclic) bond motifs is 3. The van der Waals surface area contributed by atoms with Crippen LogP contribution in [-0.4, -0.2) is 40.9 Å². The lowest BCUT2D eigenvalue weighted by atomic mass is 9.89. The predicted molar refractivity (Wildman–Crippen MR) is 119 cm³/mol. The summed E-state index contributed by atoms with van der Waals surface area (Å²) in [6.07, 6.45) is -0.0366. The summed E-state index contributed by atoms with van der Waals surface area (Å²) in [4.78, 5) is 18.1. The van der Waals surface area contributed by atoms with E-state index in [1.165, 1.54) is 4.90 Å². The van der Waals surface area contributed by atoms with E-state index in [2.05, 4.69) is 35.6 Å². The van der Waals surface area contributed by atoms with E-state index in [1.807, 2.05) is 48.5 Å². The highest BCUT2D eigenvalue weighted by atomic mass is 16.4. The summed E-state index contributed by atoms with van der Waals surface area (Å²) in [6, 6.07) is 26.8. The van der Waals surface area contributed by atoms with Gasteiger partial charge in [0.2, 0.25) is 0 Å². The molecular weight excluding hydrogens is 374 g/mol. The van der Waals surface area contributed by atoms with Gasteiger partial charge in [0.05, 0.1) is 17.1 Å². The molecule has 3 aromatic rings. The number of nitrogens with zero attached hydrogens (tertiary/aromatic N) is 2. The summed E-state index contributed by atoms with van der Waals surface area (Å²) in [6.45, 7) is 1.09. The van der Waals surface area contributed by atoms with E-state index in [-0.39, 0.29) is 12.0 Å². The molecule has 1 saturated heterocycles. The van der Waals surface area contributed by atoms with Gasteiger partial charge in [-0.3, -0.25) is 0 Å². The van der Waals surface area contributed by atoms with Crippen LogP contribution in [0.1, 0.15) is 29.0 Å². The molecule has 0 spiro atoms. The lowest BCUT2D eigenvalue weighted by molar-refractivity contribution is 0.129. The number of amides is 1. The molecule has 0 saturated carbocycles. The average Bonchev–Trinajstić information content (AvgIpc) is 3.17. The van der Waals surface area contributed by atoms with Gasteiger partial charge in [-0.2, -0.15) is 0 Å². The summed E-state index contributed by atoms with van der Waals surface area (Å²) in [7, 11) is 0. The molecule has 0 unspecified atom stereocenters. The Balaban J connectivity index is 1.58. The zero-order chi connectivity index (χ0) is 20.5. The third-order valence-electron chi connectivity index (χ3n) is 6.01. The molecule has 2 N–H and O–H groups in total. The Labute approximate surface area is 175 Å². The van der Waals surface area contributed by atoms with Gasteiger partial charge in [-0.25, -0.2) is 9.79 Å². The normalized spacial score (nSPS) is 19.4. The Kier molecular flexibility index (Phi) is 4.71. The second kappa shape index (κ2) is 7.67. The molecule has 0 aliphatic carbocycles. The van der Waals surface area contributed by atoms with Crippen LogP contribution >= 0.6 is 0 Å². The van der Waals surface area contributed by atoms with Gasteiger partial charge in [0.15, 0.2) is 0 Å². The van der Waals surface area contributed by atoms with Gasteiger partial charge in [0.1, 0.15) is 0 Å². The van der Waals surface area contributed by atoms with Crippen molar-refractivity contribution in [3.05, 3.63) is 95.6 Å². The van der Waals surface area contributed by atoms with Gasteiger partial charge in [-0.1, -0.05) is 72.8 Å². The molecule has 0 aromatic heterocycles. The first-order chi connectivity index (χ1) is 14.7. The minimum absolute atomic E-state index is 0.164. The Morgan fingerprint density at radius 1 is 0.933 bits per heavy atom. The Morgan fingerprint density at radius 2 is 1.60 bits per heavy atom. The van der Waals surface area contributed by atoms with Crippen molar-refractivity contribution in [2.45, 2.75) is 18.4 Å². The molecule has 5 heteroatoms. The molecule has 0 radical (unpaired) electrons. The fourth-order valence-electron chi connectivity index (χ4n) is 4.52. The van der Waals surface area contributed by atoms with E-state index in [0.29, 0.717) is 13.1 Å². The lowest BCUT2D eigenvalue weighted by Gasteiger charge is -2.33. The van der Waals surface area contributed by atoms with Crippen LogP contribution in [0, 0.1) is 0 Å².